The first-order valence-electron chi connectivity index (χ1n) is 8.74. The Kier molecular flexibility index (Phi) is 4.94. The van der Waals surface area contributed by atoms with E-state index in [-0.39, 0.29) is 23.9 Å². The van der Waals surface area contributed by atoms with E-state index in [4.69, 9.17) is 4.74 Å². The second-order valence-electron chi connectivity index (χ2n) is 6.91. The number of carbonyl (C=O) groups excluding carboxylic acids is 2. The Balaban J connectivity index is 1.87. The highest BCUT2D eigenvalue weighted by Crippen LogP contribution is 2.33. The summed E-state index contributed by atoms with van der Waals surface area (Å²) in [4.78, 5) is 33.0. The van der Waals surface area contributed by atoms with E-state index >= 15 is 0 Å². The second kappa shape index (κ2) is 7.00. The number of ether oxygens (including phenoxy) is 1. The smallest absolute Gasteiger partial charge is 0.342 e. The Labute approximate surface area is 147 Å². The van der Waals surface area contributed by atoms with Crippen LogP contribution in [-0.2, 0) is 22.5 Å². The van der Waals surface area contributed by atoms with Crippen molar-refractivity contribution in [3.05, 3.63) is 22.9 Å². The summed E-state index contributed by atoms with van der Waals surface area (Å²) in [7, 11) is 3.69. The summed E-state index contributed by atoms with van der Waals surface area (Å²) in [6, 6.07) is 0. The molecule has 1 saturated carbocycles. The molecule has 0 saturated heterocycles. The van der Waals surface area contributed by atoms with Gasteiger partial charge in [0.15, 0.2) is 0 Å². The van der Waals surface area contributed by atoms with Crippen molar-refractivity contribution in [2.45, 2.75) is 38.8 Å². The van der Waals surface area contributed by atoms with Crippen molar-refractivity contribution in [1.29, 1.82) is 0 Å². The molecular formula is C18H25N3O4. The van der Waals surface area contributed by atoms with Crippen LogP contribution < -0.4 is 4.90 Å². The van der Waals surface area contributed by atoms with Crippen molar-refractivity contribution in [3.63, 3.8) is 0 Å². The normalized spacial score (nSPS) is 22.0. The Hall–Kier alpha value is -2.15. The number of hydrogen-bond donors (Lipinski definition) is 1. The number of hydrogen-bond acceptors (Lipinski definition) is 6. The largest absolute Gasteiger partial charge is 0.462 e. The lowest BCUT2D eigenvalue weighted by atomic mass is 9.81. The van der Waals surface area contributed by atoms with E-state index in [0.717, 1.165) is 11.1 Å². The lowest BCUT2D eigenvalue weighted by molar-refractivity contribution is -0.143. The lowest BCUT2D eigenvalue weighted by Crippen LogP contribution is -2.45. The molecule has 0 radical (unpaired) electrons. The van der Waals surface area contributed by atoms with E-state index in [1.165, 1.54) is 0 Å². The molecule has 1 amide bonds. The first-order valence-corrected chi connectivity index (χ1v) is 8.74. The van der Waals surface area contributed by atoms with Gasteiger partial charge in [-0.15, -0.1) is 0 Å². The van der Waals surface area contributed by atoms with Crippen LogP contribution >= 0.6 is 0 Å². The number of pyridine rings is 1. The summed E-state index contributed by atoms with van der Waals surface area (Å²) in [6.07, 6.45) is 3.11. The fourth-order valence-corrected chi connectivity index (χ4v) is 3.52. The Morgan fingerprint density at radius 3 is 2.72 bits per heavy atom. The molecule has 1 aromatic rings. The molecule has 1 fully saturated rings. The average Bonchev–Trinajstić information content (AvgIpc) is 2.56. The van der Waals surface area contributed by atoms with Gasteiger partial charge in [-0.2, -0.15) is 0 Å². The molecule has 0 bridgehead atoms. The zero-order chi connectivity index (χ0) is 18.1. The maximum absolute atomic E-state index is 12.5. The molecule has 7 nitrogen and oxygen atoms in total. The van der Waals surface area contributed by atoms with Crippen LogP contribution in [0.1, 0.15) is 41.3 Å². The summed E-state index contributed by atoms with van der Waals surface area (Å²) in [6.45, 7) is 3.11. The van der Waals surface area contributed by atoms with Gasteiger partial charge >= 0.3 is 5.97 Å². The average molecular weight is 347 g/mol. The van der Waals surface area contributed by atoms with Gasteiger partial charge in [0.25, 0.3) is 0 Å². The van der Waals surface area contributed by atoms with Crippen molar-refractivity contribution < 1.29 is 19.4 Å². The van der Waals surface area contributed by atoms with Gasteiger partial charge in [-0.25, -0.2) is 9.78 Å². The van der Waals surface area contributed by atoms with Gasteiger partial charge < -0.3 is 19.6 Å². The first-order chi connectivity index (χ1) is 11.9. The molecule has 0 atom stereocenters. The number of aliphatic hydroxyl groups excluding tert-OH is 1. The summed E-state index contributed by atoms with van der Waals surface area (Å²) < 4.78 is 5.22. The lowest BCUT2D eigenvalue weighted by Gasteiger charge is -2.37. The van der Waals surface area contributed by atoms with Crippen LogP contribution in [0.15, 0.2) is 6.20 Å². The number of carbonyl (C=O) groups is 2. The van der Waals surface area contributed by atoms with Crippen LogP contribution in [-0.4, -0.2) is 60.2 Å². The van der Waals surface area contributed by atoms with Crippen LogP contribution in [0, 0.1) is 5.92 Å². The number of amides is 1. The molecular weight excluding hydrogens is 322 g/mol. The fourth-order valence-electron chi connectivity index (χ4n) is 3.52. The predicted molar refractivity (Wildman–Crippen MR) is 92.4 cm³/mol. The molecule has 3 rings (SSSR count). The SMILES string of the molecule is CCOC(=O)c1c(N(C)C)ncc2c1CCN(C(=O)C1CC(O)C1)C2. The minimum Gasteiger partial charge on any atom is -0.462 e. The summed E-state index contributed by atoms with van der Waals surface area (Å²) in [5.74, 6) is 0.247. The molecule has 1 aromatic heterocycles. The van der Waals surface area contributed by atoms with Crippen molar-refractivity contribution in [1.82, 2.24) is 9.88 Å². The summed E-state index contributed by atoms with van der Waals surface area (Å²) in [5, 5.41) is 9.42. The molecule has 25 heavy (non-hydrogen) atoms. The zero-order valence-electron chi connectivity index (χ0n) is 15.0. The van der Waals surface area contributed by atoms with E-state index in [9.17, 15) is 14.7 Å². The zero-order valence-corrected chi connectivity index (χ0v) is 15.0. The molecule has 136 valence electrons. The van der Waals surface area contributed by atoms with Crippen LogP contribution in [0.3, 0.4) is 0 Å². The monoisotopic (exact) mass is 347 g/mol. The molecule has 1 N–H and O–H groups in total. The van der Waals surface area contributed by atoms with Gasteiger partial charge in [-0.3, -0.25) is 4.79 Å². The third kappa shape index (κ3) is 3.33. The van der Waals surface area contributed by atoms with Crippen LogP contribution in [0.25, 0.3) is 0 Å². The predicted octanol–water partition coefficient (Wildman–Crippen LogP) is 0.980. The molecule has 2 heterocycles. The topological polar surface area (TPSA) is 83.0 Å². The number of anilines is 1. The third-order valence-electron chi connectivity index (χ3n) is 4.93. The maximum atomic E-state index is 12.5. The number of rotatable bonds is 4. The number of aliphatic hydroxyl groups is 1. The molecule has 2 aliphatic rings. The minimum absolute atomic E-state index is 0.0740. The van der Waals surface area contributed by atoms with Gasteiger partial charge in [0.1, 0.15) is 11.4 Å². The van der Waals surface area contributed by atoms with Gasteiger partial charge in [0, 0.05) is 39.3 Å². The van der Waals surface area contributed by atoms with Crippen molar-refractivity contribution >= 4 is 17.7 Å². The van der Waals surface area contributed by atoms with E-state index < -0.39 is 0 Å². The van der Waals surface area contributed by atoms with Crippen LogP contribution in [0.4, 0.5) is 5.82 Å². The second-order valence-corrected chi connectivity index (χ2v) is 6.91. The number of fused-ring (bicyclic) bond motifs is 1. The standard InChI is InChI=1S/C18H25N3O4/c1-4-25-18(24)15-14-5-6-21(17(23)11-7-13(22)8-11)10-12(14)9-19-16(15)20(2)3/h9,11,13,22H,4-8,10H2,1-3H3. The molecule has 0 spiro atoms. The van der Waals surface area contributed by atoms with Crippen molar-refractivity contribution in [2.24, 2.45) is 5.92 Å². The Morgan fingerprint density at radius 2 is 2.12 bits per heavy atom. The molecule has 0 unspecified atom stereocenters. The highest BCUT2D eigenvalue weighted by molar-refractivity contribution is 5.97. The molecule has 1 aliphatic heterocycles. The number of nitrogens with zero attached hydrogens (tertiary/aromatic N) is 3. The van der Waals surface area contributed by atoms with Crippen molar-refractivity contribution in [3.8, 4) is 0 Å². The minimum atomic E-state index is -0.363. The van der Waals surface area contributed by atoms with E-state index in [0.29, 0.717) is 50.3 Å². The summed E-state index contributed by atoms with van der Waals surface area (Å²) in [5.41, 5.74) is 2.33. The molecule has 7 heteroatoms. The van der Waals surface area contributed by atoms with E-state index in [1.54, 1.807) is 18.0 Å². The van der Waals surface area contributed by atoms with Gasteiger partial charge in [-0.05, 0) is 37.3 Å². The third-order valence-corrected chi connectivity index (χ3v) is 4.93. The van der Waals surface area contributed by atoms with E-state index in [1.807, 2.05) is 19.0 Å². The van der Waals surface area contributed by atoms with Crippen molar-refractivity contribution in [2.75, 3.05) is 32.1 Å². The highest BCUT2D eigenvalue weighted by Gasteiger charge is 2.37. The molecule has 1 aliphatic carbocycles. The van der Waals surface area contributed by atoms with Gasteiger partial charge in [-0.1, -0.05) is 0 Å². The quantitative estimate of drug-likeness (QED) is 0.818. The maximum Gasteiger partial charge on any atom is 0.342 e. The highest BCUT2D eigenvalue weighted by atomic mass is 16.5. The fraction of sp³-hybridized carbons (Fsp3) is 0.611. The van der Waals surface area contributed by atoms with E-state index in [2.05, 4.69) is 4.98 Å². The Morgan fingerprint density at radius 1 is 1.40 bits per heavy atom. The number of esters is 1. The van der Waals surface area contributed by atoms with Gasteiger partial charge in [0.2, 0.25) is 5.91 Å². The van der Waals surface area contributed by atoms with Crippen LogP contribution in [0.2, 0.25) is 0 Å². The Bertz CT molecular complexity index is 683. The van der Waals surface area contributed by atoms with Gasteiger partial charge in [0.05, 0.1) is 12.7 Å². The summed E-state index contributed by atoms with van der Waals surface area (Å²) >= 11 is 0. The van der Waals surface area contributed by atoms with Crippen LogP contribution in [0.5, 0.6) is 0 Å². The number of aromatic nitrogens is 1. The first kappa shape index (κ1) is 17.7. The molecule has 0 aromatic carbocycles.